The van der Waals surface area contributed by atoms with Crippen molar-refractivity contribution in [1.29, 1.82) is 0 Å². The summed E-state index contributed by atoms with van der Waals surface area (Å²) in [5.41, 5.74) is 4.72. The minimum Gasteiger partial charge on any atom is -0.480 e. The lowest BCUT2D eigenvalue weighted by Gasteiger charge is -2.17. The molecule has 0 fully saturated rings. The standard InChI is InChI=1S/C8H16N2O4/c1-5(2)6(7(11)12)10-3-4-14-8(9)13/h5-6,10H,3-4H2,1-2H3,(H2,9,13)(H,11,12). The minimum atomic E-state index is -0.918. The van der Waals surface area contributed by atoms with E-state index in [1.165, 1.54) is 0 Å². The maximum absolute atomic E-state index is 10.7. The summed E-state index contributed by atoms with van der Waals surface area (Å²) in [4.78, 5) is 20.8. The van der Waals surface area contributed by atoms with Crippen molar-refractivity contribution in [1.82, 2.24) is 5.32 Å². The molecule has 0 spiro atoms. The first kappa shape index (κ1) is 12.7. The van der Waals surface area contributed by atoms with E-state index < -0.39 is 18.1 Å². The molecule has 6 heteroatoms. The van der Waals surface area contributed by atoms with Crippen LogP contribution in [-0.4, -0.2) is 36.4 Å². The summed E-state index contributed by atoms with van der Waals surface area (Å²) in [5.74, 6) is -0.944. The molecule has 0 radical (unpaired) electrons. The number of hydrogen-bond donors (Lipinski definition) is 3. The number of hydrogen-bond acceptors (Lipinski definition) is 4. The third-order valence-corrected chi connectivity index (χ3v) is 1.64. The number of rotatable bonds is 6. The predicted octanol–water partition coefficient (Wildman–Crippen LogP) is -0.219. The average Bonchev–Trinajstić information content (AvgIpc) is 2.01. The van der Waals surface area contributed by atoms with Gasteiger partial charge in [0.1, 0.15) is 12.6 Å². The van der Waals surface area contributed by atoms with Crippen molar-refractivity contribution in [2.75, 3.05) is 13.2 Å². The third-order valence-electron chi connectivity index (χ3n) is 1.64. The molecule has 0 aromatic carbocycles. The highest BCUT2D eigenvalue weighted by Crippen LogP contribution is 2.00. The second-order valence-electron chi connectivity index (χ2n) is 3.18. The van der Waals surface area contributed by atoms with Gasteiger partial charge in [-0.25, -0.2) is 4.79 Å². The van der Waals surface area contributed by atoms with E-state index in [0.717, 1.165) is 0 Å². The number of primary amides is 1. The molecule has 1 atom stereocenters. The summed E-state index contributed by atoms with van der Waals surface area (Å²) in [7, 11) is 0. The number of carbonyl (C=O) groups excluding carboxylic acids is 1. The van der Waals surface area contributed by atoms with Gasteiger partial charge in [0.15, 0.2) is 0 Å². The molecule has 0 saturated heterocycles. The molecule has 14 heavy (non-hydrogen) atoms. The predicted molar refractivity (Wildman–Crippen MR) is 49.8 cm³/mol. The smallest absolute Gasteiger partial charge is 0.404 e. The van der Waals surface area contributed by atoms with Gasteiger partial charge in [0, 0.05) is 6.54 Å². The monoisotopic (exact) mass is 204 g/mol. The van der Waals surface area contributed by atoms with Crippen LogP contribution in [0.3, 0.4) is 0 Å². The lowest BCUT2D eigenvalue weighted by Crippen LogP contribution is -2.42. The Labute approximate surface area is 82.4 Å². The fraction of sp³-hybridized carbons (Fsp3) is 0.750. The molecule has 4 N–H and O–H groups in total. The first-order valence-corrected chi connectivity index (χ1v) is 4.33. The van der Waals surface area contributed by atoms with E-state index in [2.05, 4.69) is 10.1 Å². The summed E-state index contributed by atoms with van der Waals surface area (Å²) < 4.78 is 4.44. The van der Waals surface area contributed by atoms with Gasteiger partial charge in [0.25, 0.3) is 0 Å². The van der Waals surface area contributed by atoms with Gasteiger partial charge in [-0.2, -0.15) is 0 Å². The van der Waals surface area contributed by atoms with E-state index in [4.69, 9.17) is 10.8 Å². The van der Waals surface area contributed by atoms with E-state index in [1.807, 2.05) is 0 Å². The van der Waals surface area contributed by atoms with Gasteiger partial charge in [-0.1, -0.05) is 13.8 Å². The van der Waals surface area contributed by atoms with E-state index >= 15 is 0 Å². The van der Waals surface area contributed by atoms with Crippen LogP contribution in [0.2, 0.25) is 0 Å². The molecule has 0 aliphatic rings. The summed E-state index contributed by atoms with van der Waals surface area (Å²) >= 11 is 0. The number of ether oxygens (including phenoxy) is 1. The molecular weight excluding hydrogens is 188 g/mol. The molecule has 0 heterocycles. The largest absolute Gasteiger partial charge is 0.480 e. The molecule has 0 aromatic rings. The van der Waals surface area contributed by atoms with Crippen LogP contribution < -0.4 is 11.1 Å². The van der Waals surface area contributed by atoms with Crippen molar-refractivity contribution in [2.45, 2.75) is 19.9 Å². The number of carbonyl (C=O) groups is 2. The highest BCUT2D eigenvalue weighted by Gasteiger charge is 2.19. The van der Waals surface area contributed by atoms with Crippen LogP contribution in [0.25, 0.3) is 0 Å². The zero-order valence-corrected chi connectivity index (χ0v) is 8.32. The first-order valence-electron chi connectivity index (χ1n) is 4.33. The van der Waals surface area contributed by atoms with Crippen molar-refractivity contribution in [3.8, 4) is 0 Å². The molecule has 6 nitrogen and oxygen atoms in total. The van der Waals surface area contributed by atoms with Gasteiger partial charge < -0.3 is 20.9 Å². The number of amides is 1. The lowest BCUT2D eigenvalue weighted by molar-refractivity contribution is -0.140. The third kappa shape index (κ3) is 5.36. The second-order valence-corrected chi connectivity index (χ2v) is 3.18. The SMILES string of the molecule is CC(C)C(NCCOC(N)=O)C(=O)O. The molecule has 82 valence electrons. The van der Waals surface area contributed by atoms with E-state index in [0.29, 0.717) is 0 Å². The molecule has 1 amide bonds. The van der Waals surface area contributed by atoms with Crippen molar-refractivity contribution in [3.63, 3.8) is 0 Å². The van der Waals surface area contributed by atoms with Crippen molar-refractivity contribution in [2.24, 2.45) is 11.7 Å². The Morgan fingerprint density at radius 1 is 1.50 bits per heavy atom. The average molecular weight is 204 g/mol. The first-order chi connectivity index (χ1) is 6.45. The van der Waals surface area contributed by atoms with Crippen molar-refractivity contribution >= 4 is 12.1 Å². The quantitative estimate of drug-likeness (QED) is 0.519. The number of nitrogens with one attached hydrogen (secondary N) is 1. The highest BCUT2D eigenvalue weighted by atomic mass is 16.5. The van der Waals surface area contributed by atoms with Crippen LogP contribution in [0.5, 0.6) is 0 Å². The van der Waals surface area contributed by atoms with Crippen LogP contribution in [0.1, 0.15) is 13.8 Å². The maximum atomic E-state index is 10.7. The molecule has 0 saturated carbocycles. The van der Waals surface area contributed by atoms with Crippen molar-refractivity contribution < 1.29 is 19.4 Å². The van der Waals surface area contributed by atoms with Crippen LogP contribution in [0.15, 0.2) is 0 Å². The topological polar surface area (TPSA) is 102 Å². The fourth-order valence-corrected chi connectivity index (χ4v) is 0.974. The van der Waals surface area contributed by atoms with Crippen LogP contribution in [0.4, 0.5) is 4.79 Å². The number of carboxylic acids is 1. The minimum absolute atomic E-state index is 0.0268. The maximum Gasteiger partial charge on any atom is 0.404 e. The van der Waals surface area contributed by atoms with Gasteiger partial charge in [-0.15, -0.1) is 0 Å². The molecule has 0 aliphatic carbocycles. The molecule has 1 unspecified atom stereocenters. The summed E-state index contributed by atoms with van der Waals surface area (Å²) in [6.07, 6.45) is -0.858. The van der Waals surface area contributed by atoms with Crippen LogP contribution >= 0.6 is 0 Å². The number of aliphatic carboxylic acids is 1. The van der Waals surface area contributed by atoms with Gasteiger partial charge in [-0.05, 0) is 5.92 Å². The highest BCUT2D eigenvalue weighted by molar-refractivity contribution is 5.73. The summed E-state index contributed by atoms with van der Waals surface area (Å²) in [6.45, 7) is 3.94. The van der Waals surface area contributed by atoms with Gasteiger partial charge >= 0.3 is 12.1 Å². The normalized spacial score (nSPS) is 12.5. The Morgan fingerprint density at radius 2 is 2.07 bits per heavy atom. The van der Waals surface area contributed by atoms with E-state index in [9.17, 15) is 9.59 Å². The number of nitrogens with two attached hydrogens (primary N) is 1. The van der Waals surface area contributed by atoms with E-state index in [1.54, 1.807) is 13.8 Å². The second kappa shape index (κ2) is 6.20. The summed E-state index contributed by atoms with van der Waals surface area (Å²) in [6, 6.07) is -0.633. The lowest BCUT2D eigenvalue weighted by atomic mass is 10.1. The Kier molecular flexibility index (Phi) is 5.62. The van der Waals surface area contributed by atoms with Crippen LogP contribution in [-0.2, 0) is 9.53 Å². The Bertz CT molecular complexity index is 206. The zero-order chi connectivity index (χ0) is 11.1. The van der Waals surface area contributed by atoms with Crippen LogP contribution in [0, 0.1) is 5.92 Å². The Hall–Kier alpha value is -1.30. The zero-order valence-electron chi connectivity index (χ0n) is 8.32. The van der Waals surface area contributed by atoms with E-state index in [-0.39, 0.29) is 19.1 Å². The molecular formula is C8H16N2O4. The Balaban J connectivity index is 3.73. The molecule has 0 bridgehead atoms. The van der Waals surface area contributed by atoms with Crippen molar-refractivity contribution in [3.05, 3.63) is 0 Å². The van der Waals surface area contributed by atoms with Gasteiger partial charge in [0.2, 0.25) is 0 Å². The summed E-state index contributed by atoms with van der Waals surface area (Å²) in [5, 5.41) is 11.5. The Morgan fingerprint density at radius 3 is 2.43 bits per heavy atom. The van der Waals surface area contributed by atoms with Gasteiger partial charge in [-0.3, -0.25) is 4.79 Å². The fourth-order valence-electron chi connectivity index (χ4n) is 0.974. The molecule has 0 rings (SSSR count). The molecule has 0 aliphatic heterocycles. The number of carboxylic acid groups (broad SMARTS) is 1. The molecule has 0 aromatic heterocycles. The van der Waals surface area contributed by atoms with Gasteiger partial charge in [0.05, 0.1) is 0 Å².